The third-order valence-corrected chi connectivity index (χ3v) is 6.67. The molecule has 1 aromatic carbocycles. The van der Waals surface area contributed by atoms with Gasteiger partial charge in [0.2, 0.25) is 5.88 Å². The molecule has 6 nitrogen and oxygen atoms in total. The summed E-state index contributed by atoms with van der Waals surface area (Å²) < 4.78 is 8.02. The van der Waals surface area contributed by atoms with Gasteiger partial charge in [-0.05, 0) is 78.7 Å². The molecule has 7 heteroatoms. The van der Waals surface area contributed by atoms with Crippen molar-refractivity contribution < 1.29 is 4.74 Å². The Labute approximate surface area is 205 Å². The molecule has 0 radical (unpaired) electrons. The Bertz CT molecular complexity index is 1270. The van der Waals surface area contributed by atoms with Crippen molar-refractivity contribution in [1.82, 2.24) is 19.7 Å². The highest BCUT2D eigenvalue weighted by atomic mass is 32.2. The lowest BCUT2D eigenvalue weighted by atomic mass is 10.0. The van der Waals surface area contributed by atoms with E-state index in [0.717, 1.165) is 42.5 Å². The van der Waals surface area contributed by atoms with Crippen LogP contribution in [0, 0.1) is 17.2 Å². The zero-order chi connectivity index (χ0) is 24.1. The molecule has 1 aliphatic heterocycles. The summed E-state index contributed by atoms with van der Waals surface area (Å²) in [5.74, 6) is 2.33. The Hall–Kier alpha value is -3.37. The van der Waals surface area contributed by atoms with Gasteiger partial charge in [-0.2, -0.15) is 10.4 Å². The Morgan fingerprint density at radius 2 is 1.94 bits per heavy atom. The first-order valence-corrected chi connectivity index (χ1v) is 12.4. The molecule has 0 saturated carbocycles. The number of hydrogen-bond donors (Lipinski definition) is 0. The van der Waals surface area contributed by atoms with E-state index < -0.39 is 0 Å². The second-order valence-corrected chi connectivity index (χ2v) is 9.75. The van der Waals surface area contributed by atoms with Crippen molar-refractivity contribution in [3.63, 3.8) is 0 Å². The molecule has 0 bridgehead atoms. The van der Waals surface area contributed by atoms with Crippen molar-refractivity contribution in [1.29, 1.82) is 5.26 Å². The number of nitrogens with zero attached hydrogens (tertiary/aromatic N) is 5. The summed E-state index contributed by atoms with van der Waals surface area (Å²) in [5, 5.41) is 18.5. The summed E-state index contributed by atoms with van der Waals surface area (Å²) in [5.41, 5.74) is 5.83. The van der Waals surface area contributed by atoms with E-state index in [0.29, 0.717) is 28.9 Å². The molecule has 0 aliphatic carbocycles. The molecule has 0 fully saturated rings. The second-order valence-electron chi connectivity index (χ2n) is 9.01. The predicted octanol–water partition coefficient (Wildman–Crippen LogP) is 6.90. The van der Waals surface area contributed by atoms with Gasteiger partial charge in [0.05, 0.1) is 22.9 Å². The molecule has 34 heavy (non-hydrogen) atoms. The van der Waals surface area contributed by atoms with E-state index in [9.17, 15) is 5.26 Å². The SMILES string of the molecule is CC1=CSC=C(c2cc(Oc3cc(C#N)ccc3-c3ncc(CCC(C)C)cn3)n(C)n2)CC1. The monoisotopic (exact) mass is 471 g/mol. The van der Waals surface area contributed by atoms with E-state index in [1.54, 1.807) is 28.6 Å². The third-order valence-electron chi connectivity index (χ3n) is 5.72. The maximum absolute atomic E-state index is 9.44. The fourth-order valence-electron chi connectivity index (χ4n) is 3.63. The highest BCUT2D eigenvalue weighted by Gasteiger charge is 2.17. The van der Waals surface area contributed by atoms with Gasteiger partial charge in [-0.3, -0.25) is 0 Å². The van der Waals surface area contributed by atoms with Crippen LogP contribution in [0.2, 0.25) is 0 Å². The first-order chi connectivity index (χ1) is 16.4. The van der Waals surface area contributed by atoms with Gasteiger partial charge in [0.25, 0.3) is 0 Å². The summed E-state index contributed by atoms with van der Waals surface area (Å²) in [6.07, 6.45) is 7.77. The van der Waals surface area contributed by atoms with Gasteiger partial charge in [0, 0.05) is 25.5 Å². The van der Waals surface area contributed by atoms with Gasteiger partial charge in [-0.25, -0.2) is 14.6 Å². The van der Waals surface area contributed by atoms with Gasteiger partial charge < -0.3 is 4.74 Å². The first kappa shape index (κ1) is 23.8. The molecule has 1 aliphatic rings. The van der Waals surface area contributed by atoms with E-state index in [1.807, 2.05) is 31.6 Å². The van der Waals surface area contributed by atoms with Gasteiger partial charge in [0.1, 0.15) is 5.75 Å². The average molecular weight is 472 g/mol. The molecular weight excluding hydrogens is 442 g/mol. The minimum absolute atomic E-state index is 0.513. The summed E-state index contributed by atoms with van der Waals surface area (Å²) in [7, 11) is 1.86. The van der Waals surface area contributed by atoms with Crippen molar-refractivity contribution in [3.8, 4) is 29.1 Å². The van der Waals surface area contributed by atoms with Crippen molar-refractivity contribution in [2.75, 3.05) is 0 Å². The maximum Gasteiger partial charge on any atom is 0.218 e. The molecular formula is C27H29N5OS. The largest absolute Gasteiger partial charge is 0.438 e. The van der Waals surface area contributed by atoms with E-state index in [-0.39, 0.29) is 0 Å². The second kappa shape index (κ2) is 10.7. The fourth-order valence-corrected chi connectivity index (χ4v) is 4.45. The molecule has 0 amide bonds. The van der Waals surface area contributed by atoms with E-state index in [1.165, 1.54) is 11.1 Å². The molecule has 3 heterocycles. The number of benzene rings is 1. The van der Waals surface area contributed by atoms with Crippen LogP contribution in [0.15, 0.2) is 53.0 Å². The Morgan fingerprint density at radius 1 is 1.15 bits per heavy atom. The lowest BCUT2D eigenvalue weighted by Crippen LogP contribution is -1.99. The number of nitriles is 1. The lowest BCUT2D eigenvalue weighted by molar-refractivity contribution is 0.431. The molecule has 174 valence electrons. The van der Waals surface area contributed by atoms with E-state index in [4.69, 9.17) is 4.74 Å². The molecule has 0 saturated heterocycles. The normalized spacial score (nSPS) is 13.8. The minimum atomic E-state index is 0.513. The van der Waals surface area contributed by atoms with Crippen molar-refractivity contribution in [2.45, 2.75) is 46.5 Å². The van der Waals surface area contributed by atoms with E-state index in [2.05, 4.69) is 52.7 Å². The smallest absolute Gasteiger partial charge is 0.218 e. The first-order valence-electron chi connectivity index (χ1n) is 11.5. The van der Waals surface area contributed by atoms with Crippen LogP contribution in [0.3, 0.4) is 0 Å². The Morgan fingerprint density at radius 3 is 2.68 bits per heavy atom. The lowest BCUT2D eigenvalue weighted by Gasteiger charge is -2.11. The fraction of sp³-hybridized carbons (Fsp3) is 0.333. The predicted molar refractivity (Wildman–Crippen MR) is 137 cm³/mol. The van der Waals surface area contributed by atoms with Crippen molar-refractivity contribution >= 4 is 17.3 Å². The number of rotatable bonds is 7. The average Bonchev–Trinajstić information content (AvgIpc) is 3.05. The van der Waals surface area contributed by atoms with Gasteiger partial charge in [-0.15, -0.1) is 11.8 Å². The molecule has 0 N–H and O–H groups in total. The third kappa shape index (κ3) is 5.75. The molecule has 2 aromatic heterocycles. The number of ether oxygens (including phenoxy) is 1. The van der Waals surface area contributed by atoms with Crippen LogP contribution >= 0.6 is 11.8 Å². The highest BCUT2D eigenvalue weighted by Crippen LogP contribution is 2.35. The van der Waals surface area contributed by atoms with Crippen molar-refractivity contribution in [3.05, 3.63) is 69.9 Å². The summed E-state index contributed by atoms with van der Waals surface area (Å²) in [6, 6.07) is 9.47. The van der Waals surface area contributed by atoms with Gasteiger partial charge in [-0.1, -0.05) is 19.4 Å². The molecule has 0 atom stereocenters. The van der Waals surface area contributed by atoms with Crippen LogP contribution in [-0.2, 0) is 13.5 Å². The Balaban J connectivity index is 1.61. The molecule has 0 spiro atoms. The zero-order valence-corrected chi connectivity index (χ0v) is 20.9. The highest BCUT2D eigenvalue weighted by molar-refractivity contribution is 8.05. The quantitative estimate of drug-likeness (QED) is 0.373. The minimum Gasteiger partial charge on any atom is -0.438 e. The van der Waals surface area contributed by atoms with Crippen molar-refractivity contribution in [2.24, 2.45) is 13.0 Å². The topological polar surface area (TPSA) is 76.6 Å². The number of thioether (sulfide) groups is 1. The van der Waals surface area contributed by atoms with Crippen LogP contribution in [-0.4, -0.2) is 19.7 Å². The number of aromatic nitrogens is 4. The Kier molecular flexibility index (Phi) is 7.49. The summed E-state index contributed by atoms with van der Waals surface area (Å²) in [4.78, 5) is 9.18. The van der Waals surface area contributed by atoms with Gasteiger partial charge >= 0.3 is 0 Å². The maximum atomic E-state index is 9.44. The number of hydrogen-bond acceptors (Lipinski definition) is 6. The molecule has 3 aromatic rings. The van der Waals surface area contributed by atoms with Crippen LogP contribution in [0.1, 0.15) is 56.9 Å². The number of aryl methyl sites for hydroxylation is 2. The number of allylic oxidation sites excluding steroid dienone is 2. The van der Waals surface area contributed by atoms with Crippen LogP contribution in [0.25, 0.3) is 17.0 Å². The molecule has 0 unspecified atom stereocenters. The van der Waals surface area contributed by atoms with Crippen LogP contribution in [0.5, 0.6) is 11.6 Å². The van der Waals surface area contributed by atoms with Crippen LogP contribution < -0.4 is 4.74 Å². The summed E-state index contributed by atoms with van der Waals surface area (Å²) in [6.45, 7) is 6.57. The standard InChI is InChI=1S/C27H29N5OS/c1-18(2)5-7-21-14-29-27(30-15-21)23-10-8-20(13-28)11-25(23)33-26-12-24(31-32(26)4)22-9-6-19(3)16-34-17-22/h8,10-12,14-18H,5-7,9H2,1-4H3. The summed E-state index contributed by atoms with van der Waals surface area (Å²) >= 11 is 1.69. The zero-order valence-electron chi connectivity index (χ0n) is 20.1. The van der Waals surface area contributed by atoms with Gasteiger partial charge in [0.15, 0.2) is 5.82 Å². The van der Waals surface area contributed by atoms with E-state index >= 15 is 0 Å². The van der Waals surface area contributed by atoms with Crippen LogP contribution in [0.4, 0.5) is 0 Å². The molecule has 4 rings (SSSR count).